The third-order valence-corrected chi connectivity index (χ3v) is 5.57. The van der Waals surface area contributed by atoms with E-state index >= 15 is 0 Å². The van der Waals surface area contributed by atoms with Gasteiger partial charge in [0.2, 0.25) is 0 Å². The second-order valence-electron chi connectivity index (χ2n) is 7.01. The van der Waals surface area contributed by atoms with Crippen LogP contribution in [0.2, 0.25) is 0 Å². The van der Waals surface area contributed by atoms with Crippen LogP contribution in [0.5, 0.6) is 0 Å². The number of aromatic amines is 1. The summed E-state index contributed by atoms with van der Waals surface area (Å²) in [5, 5.41) is 1.50. The summed E-state index contributed by atoms with van der Waals surface area (Å²) in [6.07, 6.45) is 5.92. The molecule has 3 atom stereocenters. The van der Waals surface area contributed by atoms with E-state index in [1.165, 1.54) is 48.8 Å². The predicted molar refractivity (Wildman–Crippen MR) is 90.4 cm³/mol. The molecule has 22 heavy (non-hydrogen) atoms. The van der Waals surface area contributed by atoms with E-state index in [9.17, 15) is 0 Å². The number of aromatic nitrogens is 1. The first kappa shape index (κ1) is 14.3. The van der Waals surface area contributed by atoms with Crippen LogP contribution in [-0.4, -0.2) is 42.7 Å². The number of benzene rings is 1. The maximum atomic E-state index is 5.48. The summed E-state index contributed by atoms with van der Waals surface area (Å²) in [5.41, 5.74) is 4.38. The number of rotatable bonds is 4. The topological polar surface area (TPSA) is 28.3 Å². The molecule has 0 bridgehead atoms. The average Bonchev–Trinajstić information content (AvgIpc) is 2.94. The van der Waals surface area contributed by atoms with E-state index < -0.39 is 0 Å². The number of nitrogens with one attached hydrogen (secondary N) is 1. The molecule has 2 aromatic rings. The van der Waals surface area contributed by atoms with Gasteiger partial charge in [-0.1, -0.05) is 19.1 Å². The minimum atomic E-state index is 0.660. The quantitative estimate of drug-likeness (QED) is 0.935. The van der Waals surface area contributed by atoms with Crippen molar-refractivity contribution < 1.29 is 4.74 Å². The third kappa shape index (κ3) is 2.19. The van der Waals surface area contributed by atoms with Gasteiger partial charge in [-0.3, -0.25) is 4.90 Å². The molecule has 0 amide bonds. The number of hydrogen-bond acceptors (Lipinski definition) is 2. The van der Waals surface area contributed by atoms with Gasteiger partial charge in [0.1, 0.15) is 0 Å². The van der Waals surface area contributed by atoms with E-state index in [4.69, 9.17) is 4.74 Å². The molecule has 1 unspecified atom stereocenters. The van der Waals surface area contributed by atoms with Crippen molar-refractivity contribution in [2.45, 2.75) is 38.1 Å². The van der Waals surface area contributed by atoms with Gasteiger partial charge in [0, 0.05) is 42.7 Å². The third-order valence-electron chi connectivity index (χ3n) is 5.57. The van der Waals surface area contributed by atoms with Gasteiger partial charge in [-0.15, -0.1) is 0 Å². The van der Waals surface area contributed by atoms with Crippen molar-refractivity contribution in [3.05, 3.63) is 35.5 Å². The summed E-state index contributed by atoms with van der Waals surface area (Å²) in [7, 11) is 1.84. The molecule has 0 saturated carbocycles. The highest BCUT2D eigenvalue weighted by atomic mass is 16.5. The number of fused-ring (bicyclic) bond motifs is 2. The summed E-state index contributed by atoms with van der Waals surface area (Å²) in [5.74, 6) is 1.32. The van der Waals surface area contributed by atoms with Gasteiger partial charge in [-0.2, -0.15) is 0 Å². The summed E-state index contributed by atoms with van der Waals surface area (Å²) in [6.45, 7) is 5.58. The SMILES string of the molecule is CCCN1C[C@H](COC)CC2c3cccc4[nH]cc(c34)C[C@H]21. The van der Waals surface area contributed by atoms with Crippen LogP contribution >= 0.6 is 0 Å². The molecule has 118 valence electrons. The lowest BCUT2D eigenvalue weighted by molar-refractivity contribution is 0.0428. The maximum absolute atomic E-state index is 5.48. The molecule has 3 nitrogen and oxygen atoms in total. The van der Waals surface area contributed by atoms with Gasteiger partial charge in [-0.25, -0.2) is 0 Å². The predicted octanol–water partition coefficient (Wildman–Crippen LogP) is 3.55. The van der Waals surface area contributed by atoms with Crippen molar-refractivity contribution in [3.8, 4) is 0 Å². The monoisotopic (exact) mass is 298 g/mol. The normalized spacial score (nSPS) is 28.0. The summed E-state index contributed by atoms with van der Waals surface area (Å²) in [4.78, 5) is 6.20. The van der Waals surface area contributed by atoms with Crippen LogP contribution in [0.1, 0.15) is 36.8 Å². The van der Waals surface area contributed by atoms with Gasteiger partial charge in [0.25, 0.3) is 0 Å². The second kappa shape index (κ2) is 5.71. The molecule has 2 aliphatic rings. The zero-order valence-corrected chi connectivity index (χ0v) is 13.6. The van der Waals surface area contributed by atoms with Gasteiger partial charge < -0.3 is 9.72 Å². The maximum Gasteiger partial charge on any atom is 0.0502 e. The highest BCUT2D eigenvalue weighted by Gasteiger charge is 2.40. The molecule has 4 rings (SSSR count). The fourth-order valence-electron chi connectivity index (χ4n) is 4.80. The number of H-pyrrole nitrogens is 1. The van der Waals surface area contributed by atoms with Crippen LogP contribution in [0, 0.1) is 5.92 Å². The Bertz CT molecular complexity index is 662. The van der Waals surface area contributed by atoms with Gasteiger partial charge in [0.05, 0.1) is 6.61 Å². The number of ether oxygens (including phenoxy) is 1. The molecule has 1 aromatic carbocycles. The van der Waals surface area contributed by atoms with Crippen LogP contribution < -0.4 is 0 Å². The molecule has 1 aliphatic carbocycles. The lowest BCUT2D eigenvalue weighted by Crippen LogP contribution is -2.50. The van der Waals surface area contributed by atoms with Crippen molar-refractivity contribution in [2.24, 2.45) is 5.92 Å². The van der Waals surface area contributed by atoms with Crippen molar-refractivity contribution >= 4 is 10.9 Å². The Kier molecular flexibility index (Phi) is 3.71. The number of methoxy groups -OCH3 is 1. The van der Waals surface area contributed by atoms with E-state index in [2.05, 4.69) is 41.2 Å². The molecule has 1 aliphatic heterocycles. The highest BCUT2D eigenvalue weighted by molar-refractivity contribution is 5.88. The fourth-order valence-corrected chi connectivity index (χ4v) is 4.80. The van der Waals surface area contributed by atoms with Crippen molar-refractivity contribution in [1.82, 2.24) is 9.88 Å². The molecule has 2 heterocycles. The molecule has 3 heteroatoms. The van der Waals surface area contributed by atoms with Crippen LogP contribution in [0.3, 0.4) is 0 Å². The minimum absolute atomic E-state index is 0.660. The van der Waals surface area contributed by atoms with Crippen LogP contribution in [0.25, 0.3) is 10.9 Å². The van der Waals surface area contributed by atoms with Crippen molar-refractivity contribution in [2.75, 3.05) is 26.8 Å². The molecule has 1 N–H and O–H groups in total. The summed E-state index contributed by atoms with van der Waals surface area (Å²) >= 11 is 0. The summed E-state index contributed by atoms with van der Waals surface area (Å²) in [6, 6.07) is 7.45. The standard InChI is InChI=1S/C19H26N2O/c1-3-7-21-11-13(12-22-2)8-16-15-5-4-6-17-19(15)14(10-20-17)9-18(16)21/h4-6,10,13,16,18,20H,3,7-9,11-12H2,1-2H3/t13-,16?,18-/m1/s1. The average molecular weight is 298 g/mol. The number of piperidine rings is 1. The number of hydrogen-bond donors (Lipinski definition) is 1. The Morgan fingerprint density at radius 2 is 2.27 bits per heavy atom. The fraction of sp³-hybridized carbons (Fsp3) is 0.579. The van der Waals surface area contributed by atoms with Crippen molar-refractivity contribution in [1.29, 1.82) is 0 Å². The van der Waals surface area contributed by atoms with E-state index in [1.54, 1.807) is 5.56 Å². The zero-order valence-electron chi connectivity index (χ0n) is 13.6. The summed E-state index contributed by atoms with van der Waals surface area (Å²) < 4.78 is 5.48. The first-order chi connectivity index (χ1) is 10.8. The molecular weight excluding hydrogens is 272 g/mol. The Morgan fingerprint density at radius 1 is 1.36 bits per heavy atom. The number of likely N-dealkylation sites (tertiary alicyclic amines) is 1. The van der Waals surface area contributed by atoms with E-state index in [0.29, 0.717) is 17.9 Å². The number of nitrogens with zero attached hydrogens (tertiary/aromatic N) is 1. The van der Waals surface area contributed by atoms with Crippen LogP contribution in [-0.2, 0) is 11.2 Å². The molecular formula is C19H26N2O. The van der Waals surface area contributed by atoms with Gasteiger partial charge in [0.15, 0.2) is 0 Å². The van der Waals surface area contributed by atoms with Crippen LogP contribution in [0.4, 0.5) is 0 Å². The molecule has 1 fully saturated rings. The van der Waals surface area contributed by atoms with E-state index in [1.807, 2.05) is 7.11 Å². The van der Waals surface area contributed by atoms with Gasteiger partial charge in [-0.05, 0) is 48.9 Å². The first-order valence-corrected chi connectivity index (χ1v) is 8.63. The van der Waals surface area contributed by atoms with Crippen molar-refractivity contribution in [3.63, 3.8) is 0 Å². The Labute approximate surface area is 132 Å². The second-order valence-corrected chi connectivity index (χ2v) is 7.01. The smallest absolute Gasteiger partial charge is 0.0502 e. The van der Waals surface area contributed by atoms with E-state index in [0.717, 1.165) is 6.61 Å². The van der Waals surface area contributed by atoms with Gasteiger partial charge >= 0.3 is 0 Å². The molecule has 1 aromatic heterocycles. The Morgan fingerprint density at radius 3 is 3.09 bits per heavy atom. The highest BCUT2D eigenvalue weighted by Crippen LogP contribution is 2.44. The first-order valence-electron chi connectivity index (χ1n) is 8.63. The lowest BCUT2D eigenvalue weighted by Gasteiger charge is -2.47. The largest absolute Gasteiger partial charge is 0.384 e. The molecule has 0 radical (unpaired) electrons. The lowest BCUT2D eigenvalue weighted by atomic mass is 9.72. The van der Waals surface area contributed by atoms with E-state index in [-0.39, 0.29) is 0 Å². The Balaban J connectivity index is 1.75. The minimum Gasteiger partial charge on any atom is -0.384 e. The molecule has 1 saturated heterocycles. The zero-order chi connectivity index (χ0) is 15.1. The van der Waals surface area contributed by atoms with Crippen LogP contribution in [0.15, 0.2) is 24.4 Å². The Hall–Kier alpha value is -1.32. The molecule has 0 spiro atoms.